The number of anilines is 1. The fourth-order valence-corrected chi connectivity index (χ4v) is 2.07. The van der Waals surface area contributed by atoms with Crippen LogP contribution in [0, 0.1) is 22.0 Å². The molecule has 1 saturated carbocycles. The number of amides is 1. The molecule has 10 heteroatoms. The van der Waals surface area contributed by atoms with Gasteiger partial charge in [-0.2, -0.15) is 13.2 Å². The van der Waals surface area contributed by atoms with Crippen molar-refractivity contribution in [2.75, 3.05) is 11.9 Å². The van der Waals surface area contributed by atoms with E-state index in [4.69, 9.17) is 4.74 Å². The van der Waals surface area contributed by atoms with Crippen molar-refractivity contribution in [1.29, 1.82) is 0 Å². The van der Waals surface area contributed by atoms with Crippen molar-refractivity contribution in [3.63, 3.8) is 0 Å². The average molecular weight is 346 g/mol. The van der Waals surface area contributed by atoms with Crippen LogP contribution in [0.25, 0.3) is 0 Å². The van der Waals surface area contributed by atoms with Gasteiger partial charge in [0.15, 0.2) is 6.61 Å². The molecule has 130 valence electrons. The zero-order valence-corrected chi connectivity index (χ0v) is 12.4. The maximum absolute atomic E-state index is 13.0. The summed E-state index contributed by atoms with van der Waals surface area (Å²) in [5, 5.41) is 12.5. The van der Waals surface area contributed by atoms with Crippen LogP contribution in [-0.2, 0) is 20.5 Å². The molecular weight excluding hydrogens is 333 g/mol. The van der Waals surface area contributed by atoms with Crippen LogP contribution in [0.4, 0.5) is 24.5 Å². The van der Waals surface area contributed by atoms with Gasteiger partial charge in [-0.05, 0) is 18.4 Å². The molecule has 0 bridgehead atoms. The Morgan fingerprint density at radius 2 is 2.04 bits per heavy atom. The second-order valence-electron chi connectivity index (χ2n) is 5.46. The van der Waals surface area contributed by atoms with E-state index >= 15 is 0 Å². The Bertz CT molecular complexity index is 689. The lowest BCUT2D eigenvalue weighted by Gasteiger charge is -2.13. The van der Waals surface area contributed by atoms with E-state index in [0.717, 1.165) is 12.1 Å². The molecule has 0 saturated heterocycles. The second-order valence-corrected chi connectivity index (χ2v) is 5.46. The third kappa shape index (κ3) is 4.21. The van der Waals surface area contributed by atoms with E-state index in [0.29, 0.717) is 12.5 Å². The number of carbonyl (C=O) groups excluding carboxylic acids is 2. The van der Waals surface area contributed by atoms with Gasteiger partial charge in [-0.3, -0.25) is 19.7 Å². The molecule has 24 heavy (non-hydrogen) atoms. The van der Waals surface area contributed by atoms with Crippen LogP contribution in [0.15, 0.2) is 18.2 Å². The molecule has 1 aliphatic rings. The molecule has 0 heterocycles. The first-order valence-corrected chi connectivity index (χ1v) is 6.91. The number of rotatable bonds is 5. The van der Waals surface area contributed by atoms with Crippen molar-refractivity contribution in [3.05, 3.63) is 33.9 Å². The summed E-state index contributed by atoms with van der Waals surface area (Å²) in [4.78, 5) is 32.7. The minimum atomic E-state index is -4.89. The molecular formula is C14H13F3N2O5. The van der Waals surface area contributed by atoms with Crippen molar-refractivity contribution in [3.8, 4) is 0 Å². The lowest BCUT2D eigenvalue weighted by Crippen LogP contribution is -2.23. The van der Waals surface area contributed by atoms with E-state index in [1.54, 1.807) is 0 Å². The van der Waals surface area contributed by atoms with Gasteiger partial charge in [0, 0.05) is 12.1 Å². The summed E-state index contributed by atoms with van der Waals surface area (Å²) >= 11 is 0. The number of non-ortho nitro benzene ring substituents is 1. The fourth-order valence-electron chi connectivity index (χ4n) is 2.07. The average Bonchev–Trinajstić information content (AvgIpc) is 3.21. The summed E-state index contributed by atoms with van der Waals surface area (Å²) in [5.41, 5.74) is -2.75. The maximum atomic E-state index is 13.0. The fraction of sp³-hybridized carbons (Fsp3) is 0.429. The summed E-state index contributed by atoms with van der Waals surface area (Å²) in [6.07, 6.45) is -4.24. The summed E-state index contributed by atoms with van der Waals surface area (Å²) in [6.45, 7) is 1.11. The number of nitrogens with one attached hydrogen (secondary N) is 1. The topological polar surface area (TPSA) is 98.5 Å². The first-order chi connectivity index (χ1) is 11.1. The molecule has 0 spiro atoms. The largest absolute Gasteiger partial charge is 0.455 e. The van der Waals surface area contributed by atoms with Gasteiger partial charge in [0.25, 0.3) is 11.6 Å². The number of esters is 1. The number of hydrogen-bond acceptors (Lipinski definition) is 5. The van der Waals surface area contributed by atoms with Crippen LogP contribution in [0.3, 0.4) is 0 Å². The van der Waals surface area contributed by atoms with Gasteiger partial charge < -0.3 is 10.1 Å². The van der Waals surface area contributed by atoms with Gasteiger partial charge in [-0.25, -0.2) is 0 Å². The lowest BCUT2D eigenvalue weighted by atomic mass is 10.1. The van der Waals surface area contributed by atoms with Crippen LogP contribution in [-0.4, -0.2) is 23.4 Å². The van der Waals surface area contributed by atoms with Crippen molar-refractivity contribution in [1.82, 2.24) is 0 Å². The molecule has 1 aromatic carbocycles. The minimum absolute atomic E-state index is 0.173. The van der Waals surface area contributed by atoms with E-state index in [-0.39, 0.29) is 11.8 Å². The number of nitro groups is 1. The molecule has 0 aliphatic heterocycles. The number of nitrogens with zero attached hydrogens (tertiary/aromatic N) is 1. The van der Waals surface area contributed by atoms with Gasteiger partial charge in [0.2, 0.25) is 0 Å². The smallest absolute Gasteiger partial charge is 0.418 e. The van der Waals surface area contributed by atoms with Crippen molar-refractivity contribution in [2.24, 2.45) is 11.8 Å². The Morgan fingerprint density at radius 1 is 1.42 bits per heavy atom. The molecule has 0 unspecified atom stereocenters. The lowest BCUT2D eigenvalue weighted by molar-refractivity contribution is -0.385. The highest BCUT2D eigenvalue weighted by Gasteiger charge is 2.41. The van der Waals surface area contributed by atoms with Gasteiger partial charge in [0.05, 0.1) is 22.1 Å². The Morgan fingerprint density at radius 3 is 2.54 bits per heavy atom. The Kier molecular flexibility index (Phi) is 4.76. The highest BCUT2D eigenvalue weighted by atomic mass is 19.4. The number of nitro benzene ring substituents is 1. The predicted octanol–water partition coefficient (Wildman–Crippen LogP) is 2.75. The standard InChI is InChI=1S/C14H13F3N2O5/c1-7-4-9(7)13(21)24-6-12(20)18-11-3-2-8(19(22)23)5-10(11)14(15,16)17/h2-3,5,7,9H,4,6H2,1H3,(H,18,20)/t7-,9-/m1/s1. The summed E-state index contributed by atoms with van der Waals surface area (Å²) in [7, 11) is 0. The normalized spacial score (nSPS) is 19.5. The molecule has 1 aromatic rings. The Balaban J connectivity index is 2.06. The molecule has 2 rings (SSSR count). The molecule has 7 nitrogen and oxygen atoms in total. The molecule has 0 radical (unpaired) electrons. The number of ether oxygens (including phenoxy) is 1. The van der Waals surface area contributed by atoms with Gasteiger partial charge in [0.1, 0.15) is 0 Å². The van der Waals surface area contributed by atoms with Crippen LogP contribution in [0.5, 0.6) is 0 Å². The van der Waals surface area contributed by atoms with Gasteiger partial charge in [-0.1, -0.05) is 6.92 Å². The Labute approximate surface area is 133 Å². The van der Waals surface area contributed by atoms with E-state index in [1.807, 2.05) is 12.2 Å². The monoisotopic (exact) mass is 346 g/mol. The maximum Gasteiger partial charge on any atom is 0.418 e. The third-order valence-electron chi connectivity index (χ3n) is 3.55. The molecule has 1 aliphatic carbocycles. The van der Waals surface area contributed by atoms with E-state index < -0.39 is 46.5 Å². The zero-order chi connectivity index (χ0) is 18.1. The molecule has 2 atom stereocenters. The van der Waals surface area contributed by atoms with Gasteiger partial charge in [-0.15, -0.1) is 0 Å². The van der Waals surface area contributed by atoms with Crippen molar-refractivity contribution < 1.29 is 32.4 Å². The van der Waals surface area contributed by atoms with E-state index in [2.05, 4.69) is 0 Å². The minimum Gasteiger partial charge on any atom is -0.455 e. The Hall–Kier alpha value is -2.65. The number of halogens is 3. The number of alkyl halides is 3. The zero-order valence-electron chi connectivity index (χ0n) is 12.4. The molecule has 0 aromatic heterocycles. The second kappa shape index (κ2) is 6.46. The SMILES string of the molecule is C[C@@H]1C[C@H]1C(=O)OCC(=O)Nc1ccc([N+](=O)[O-])cc1C(F)(F)F. The van der Waals surface area contributed by atoms with Gasteiger partial charge >= 0.3 is 12.1 Å². The molecule has 1 amide bonds. The predicted molar refractivity (Wildman–Crippen MR) is 75.0 cm³/mol. The number of hydrogen-bond donors (Lipinski definition) is 1. The first-order valence-electron chi connectivity index (χ1n) is 6.91. The third-order valence-corrected chi connectivity index (χ3v) is 3.55. The van der Waals surface area contributed by atoms with Crippen LogP contribution in [0.2, 0.25) is 0 Å². The summed E-state index contributed by atoms with van der Waals surface area (Å²) < 4.78 is 43.6. The summed E-state index contributed by atoms with van der Waals surface area (Å²) in [6, 6.07) is 1.94. The molecule has 1 fully saturated rings. The number of carbonyl (C=O) groups is 2. The summed E-state index contributed by atoms with van der Waals surface area (Å²) in [5.74, 6) is -1.64. The van der Waals surface area contributed by atoms with Crippen LogP contribution < -0.4 is 5.32 Å². The van der Waals surface area contributed by atoms with Crippen molar-refractivity contribution in [2.45, 2.75) is 19.5 Å². The highest BCUT2D eigenvalue weighted by molar-refractivity contribution is 5.94. The highest BCUT2D eigenvalue weighted by Crippen LogP contribution is 2.39. The van der Waals surface area contributed by atoms with E-state index in [1.165, 1.54) is 0 Å². The van der Waals surface area contributed by atoms with Crippen LogP contribution >= 0.6 is 0 Å². The van der Waals surface area contributed by atoms with E-state index in [9.17, 15) is 32.9 Å². The molecule has 1 N–H and O–H groups in total. The number of benzene rings is 1. The van der Waals surface area contributed by atoms with Crippen molar-refractivity contribution >= 4 is 23.3 Å². The first kappa shape index (κ1) is 17.7. The van der Waals surface area contributed by atoms with Crippen LogP contribution in [0.1, 0.15) is 18.9 Å². The quantitative estimate of drug-likeness (QED) is 0.502.